The molecule has 0 aromatic heterocycles. The zero-order valence-corrected chi connectivity index (χ0v) is 12.8. The molecule has 2 atom stereocenters. The van der Waals surface area contributed by atoms with Gasteiger partial charge in [-0.3, -0.25) is 4.79 Å². The van der Waals surface area contributed by atoms with Gasteiger partial charge in [0.1, 0.15) is 0 Å². The molecule has 5 heteroatoms. The Morgan fingerprint density at radius 3 is 2.89 bits per heavy atom. The van der Waals surface area contributed by atoms with E-state index in [0.717, 1.165) is 24.9 Å². The molecule has 1 aliphatic rings. The molecule has 0 spiro atoms. The molecule has 1 aromatic carbocycles. The zero-order valence-electron chi connectivity index (χ0n) is 11.2. The summed E-state index contributed by atoms with van der Waals surface area (Å²) >= 11 is 5.94. The average Bonchev–Trinajstić information content (AvgIpc) is 2.35. The van der Waals surface area contributed by atoms with Crippen molar-refractivity contribution in [3.05, 3.63) is 34.3 Å². The fourth-order valence-corrected chi connectivity index (χ4v) is 2.50. The van der Waals surface area contributed by atoms with Crippen LogP contribution < -0.4 is 10.6 Å². The third kappa shape index (κ3) is 4.10. The Morgan fingerprint density at radius 1 is 1.47 bits per heavy atom. The Bertz CT molecular complexity index is 451. The standard InChI is InChI=1S/C14H19ClN2O.ClH/c1-9-5-6-11(15)8-12(9)14(18)17-13-4-3-7-16-10(13)2;/h5-6,8,10,13,16H,3-4,7H2,1-2H3,(H,17,18);1H. The summed E-state index contributed by atoms with van der Waals surface area (Å²) in [6.45, 7) is 5.06. The van der Waals surface area contributed by atoms with E-state index in [9.17, 15) is 4.79 Å². The van der Waals surface area contributed by atoms with Crippen LogP contribution >= 0.6 is 24.0 Å². The van der Waals surface area contributed by atoms with Crippen LogP contribution in [0.2, 0.25) is 5.02 Å². The van der Waals surface area contributed by atoms with Gasteiger partial charge in [0.05, 0.1) is 0 Å². The summed E-state index contributed by atoms with van der Waals surface area (Å²) in [6.07, 6.45) is 2.13. The Hall–Kier alpha value is -0.770. The van der Waals surface area contributed by atoms with Crippen molar-refractivity contribution in [1.82, 2.24) is 10.6 Å². The topological polar surface area (TPSA) is 41.1 Å². The van der Waals surface area contributed by atoms with E-state index in [4.69, 9.17) is 11.6 Å². The van der Waals surface area contributed by atoms with Crippen LogP contribution in [0.1, 0.15) is 35.7 Å². The molecule has 1 aliphatic heterocycles. The molecule has 1 aromatic rings. The SMILES string of the molecule is Cc1ccc(Cl)cc1C(=O)NC1CCCNC1C.Cl. The van der Waals surface area contributed by atoms with E-state index in [-0.39, 0.29) is 24.4 Å². The highest BCUT2D eigenvalue weighted by Gasteiger charge is 2.23. The van der Waals surface area contributed by atoms with Crippen LogP contribution in [-0.4, -0.2) is 24.5 Å². The Balaban J connectivity index is 0.00000180. The van der Waals surface area contributed by atoms with Crippen molar-refractivity contribution in [3.8, 4) is 0 Å². The van der Waals surface area contributed by atoms with E-state index in [1.54, 1.807) is 12.1 Å². The number of halogens is 2. The van der Waals surface area contributed by atoms with Gasteiger partial charge in [-0.2, -0.15) is 0 Å². The van der Waals surface area contributed by atoms with Crippen molar-refractivity contribution < 1.29 is 4.79 Å². The van der Waals surface area contributed by atoms with E-state index in [1.807, 2.05) is 13.0 Å². The molecular formula is C14H20Cl2N2O. The fraction of sp³-hybridized carbons (Fsp3) is 0.500. The molecule has 1 fully saturated rings. The molecule has 106 valence electrons. The second kappa shape index (κ2) is 7.13. The van der Waals surface area contributed by atoms with Crippen LogP contribution in [0.3, 0.4) is 0 Å². The maximum atomic E-state index is 12.2. The molecule has 2 rings (SSSR count). The number of piperidine rings is 1. The minimum absolute atomic E-state index is 0. The molecule has 0 aliphatic carbocycles. The van der Waals surface area contributed by atoms with Crippen molar-refractivity contribution in [2.75, 3.05) is 6.54 Å². The number of aryl methyl sites for hydroxylation is 1. The Labute approximate surface area is 125 Å². The maximum absolute atomic E-state index is 12.2. The van der Waals surface area contributed by atoms with E-state index in [0.29, 0.717) is 16.6 Å². The van der Waals surface area contributed by atoms with Crippen molar-refractivity contribution >= 4 is 29.9 Å². The highest BCUT2D eigenvalue weighted by atomic mass is 35.5. The van der Waals surface area contributed by atoms with Crippen molar-refractivity contribution in [2.24, 2.45) is 0 Å². The molecular weight excluding hydrogens is 283 g/mol. The van der Waals surface area contributed by atoms with Gasteiger partial charge in [-0.1, -0.05) is 17.7 Å². The quantitative estimate of drug-likeness (QED) is 0.882. The van der Waals surface area contributed by atoms with Gasteiger partial charge in [0.25, 0.3) is 5.91 Å². The average molecular weight is 303 g/mol. The number of carbonyl (C=O) groups excluding carboxylic acids is 1. The van der Waals surface area contributed by atoms with Gasteiger partial charge in [-0.05, 0) is 50.9 Å². The van der Waals surface area contributed by atoms with Crippen LogP contribution in [0.25, 0.3) is 0 Å². The molecule has 1 amide bonds. The first-order valence-electron chi connectivity index (χ1n) is 6.38. The van der Waals surface area contributed by atoms with E-state index in [2.05, 4.69) is 17.6 Å². The lowest BCUT2D eigenvalue weighted by Crippen LogP contribution is -2.52. The Kier molecular flexibility index (Phi) is 6.11. The van der Waals surface area contributed by atoms with Crippen molar-refractivity contribution in [1.29, 1.82) is 0 Å². The van der Waals surface area contributed by atoms with Gasteiger partial charge < -0.3 is 10.6 Å². The zero-order chi connectivity index (χ0) is 13.1. The molecule has 1 saturated heterocycles. The van der Waals surface area contributed by atoms with E-state index < -0.39 is 0 Å². The van der Waals surface area contributed by atoms with Crippen LogP contribution in [0, 0.1) is 6.92 Å². The minimum atomic E-state index is -0.0319. The summed E-state index contributed by atoms with van der Waals surface area (Å²) in [5.74, 6) is -0.0319. The molecule has 1 heterocycles. The molecule has 0 radical (unpaired) electrons. The van der Waals surface area contributed by atoms with Gasteiger partial charge in [-0.25, -0.2) is 0 Å². The normalized spacial score (nSPS) is 22.5. The number of benzene rings is 1. The first-order valence-corrected chi connectivity index (χ1v) is 6.76. The molecule has 0 bridgehead atoms. The van der Waals surface area contributed by atoms with Gasteiger partial charge in [0, 0.05) is 22.7 Å². The van der Waals surface area contributed by atoms with Gasteiger partial charge in [0.15, 0.2) is 0 Å². The second-order valence-corrected chi connectivity index (χ2v) is 5.36. The monoisotopic (exact) mass is 302 g/mol. The number of hydrogen-bond acceptors (Lipinski definition) is 2. The van der Waals surface area contributed by atoms with Crippen LogP contribution in [0.4, 0.5) is 0 Å². The first kappa shape index (κ1) is 16.3. The molecule has 0 saturated carbocycles. The van der Waals surface area contributed by atoms with Gasteiger partial charge >= 0.3 is 0 Å². The number of rotatable bonds is 2. The number of hydrogen-bond donors (Lipinski definition) is 2. The van der Waals surface area contributed by atoms with Crippen molar-refractivity contribution in [3.63, 3.8) is 0 Å². The predicted molar refractivity (Wildman–Crippen MR) is 81.4 cm³/mol. The summed E-state index contributed by atoms with van der Waals surface area (Å²) in [5, 5.41) is 7.06. The maximum Gasteiger partial charge on any atom is 0.251 e. The van der Waals surface area contributed by atoms with E-state index in [1.165, 1.54) is 0 Å². The third-order valence-corrected chi connectivity index (χ3v) is 3.76. The number of amides is 1. The number of carbonyl (C=O) groups is 1. The molecule has 2 N–H and O–H groups in total. The summed E-state index contributed by atoms with van der Waals surface area (Å²) in [6, 6.07) is 5.93. The van der Waals surface area contributed by atoms with Gasteiger partial charge in [0.2, 0.25) is 0 Å². The largest absolute Gasteiger partial charge is 0.348 e. The smallest absolute Gasteiger partial charge is 0.251 e. The summed E-state index contributed by atoms with van der Waals surface area (Å²) in [5.41, 5.74) is 1.62. The first-order chi connectivity index (χ1) is 8.58. The summed E-state index contributed by atoms with van der Waals surface area (Å²) < 4.78 is 0. The molecule has 19 heavy (non-hydrogen) atoms. The highest BCUT2D eigenvalue weighted by molar-refractivity contribution is 6.31. The second-order valence-electron chi connectivity index (χ2n) is 4.92. The number of nitrogens with one attached hydrogen (secondary N) is 2. The lowest BCUT2D eigenvalue weighted by atomic mass is 9.99. The van der Waals surface area contributed by atoms with Crippen molar-refractivity contribution in [2.45, 2.75) is 38.8 Å². The fourth-order valence-electron chi connectivity index (χ4n) is 2.33. The predicted octanol–water partition coefficient (Wildman–Crippen LogP) is 2.94. The van der Waals surface area contributed by atoms with Crippen LogP contribution in [0.5, 0.6) is 0 Å². The Morgan fingerprint density at radius 2 is 2.21 bits per heavy atom. The molecule has 2 unspecified atom stereocenters. The van der Waals surface area contributed by atoms with E-state index >= 15 is 0 Å². The molecule has 3 nitrogen and oxygen atoms in total. The minimum Gasteiger partial charge on any atom is -0.348 e. The highest BCUT2D eigenvalue weighted by Crippen LogP contribution is 2.16. The lowest BCUT2D eigenvalue weighted by Gasteiger charge is -2.30. The lowest BCUT2D eigenvalue weighted by molar-refractivity contribution is 0.0919. The van der Waals surface area contributed by atoms with Crippen LogP contribution in [-0.2, 0) is 0 Å². The summed E-state index contributed by atoms with van der Waals surface area (Å²) in [7, 11) is 0. The van der Waals surface area contributed by atoms with Gasteiger partial charge in [-0.15, -0.1) is 12.4 Å². The third-order valence-electron chi connectivity index (χ3n) is 3.52. The summed E-state index contributed by atoms with van der Waals surface area (Å²) in [4.78, 5) is 12.2. The van der Waals surface area contributed by atoms with Crippen LogP contribution in [0.15, 0.2) is 18.2 Å².